The Morgan fingerprint density at radius 1 is 1.05 bits per heavy atom. The molecule has 1 N–H and O–H groups in total. The molecule has 1 aromatic carbocycles. The standard InChI is InChI=1S/C14H16N2O3/c1-3-15-4-2-9(1)14-16-10-7-12-13(8-11(10)19-14)18-6-5-17-12/h7-9,15H,1-6H2. The van der Waals surface area contributed by atoms with Crippen LogP contribution in [0.4, 0.5) is 0 Å². The first-order valence-electron chi connectivity index (χ1n) is 6.81. The second kappa shape index (κ2) is 4.42. The summed E-state index contributed by atoms with van der Waals surface area (Å²) in [5.74, 6) is 2.79. The smallest absolute Gasteiger partial charge is 0.198 e. The van der Waals surface area contributed by atoms with Gasteiger partial charge in [-0.1, -0.05) is 0 Å². The quantitative estimate of drug-likeness (QED) is 0.850. The largest absolute Gasteiger partial charge is 0.486 e. The fraction of sp³-hybridized carbons (Fsp3) is 0.500. The maximum Gasteiger partial charge on any atom is 0.198 e. The summed E-state index contributed by atoms with van der Waals surface area (Å²) in [6, 6.07) is 3.80. The monoisotopic (exact) mass is 260 g/mol. The molecular weight excluding hydrogens is 244 g/mol. The molecule has 2 aromatic rings. The van der Waals surface area contributed by atoms with Crippen molar-refractivity contribution >= 4 is 11.1 Å². The van der Waals surface area contributed by atoms with E-state index in [-0.39, 0.29) is 0 Å². The Bertz CT molecular complexity index is 559. The fourth-order valence-electron chi connectivity index (χ4n) is 2.73. The average Bonchev–Trinajstić information content (AvgIpc) is 2.88. The van der Waals surface area contributed by atoms with Crippen LogP contribution < -0.4 is 14.8 Å². The summed E-state index contributed by atoms with van der Waals surface area (Å²) in [6.45, 7) is 3.25. The van der Waals surface area contributed by atoms with Crippen LogP contribution in [0.15, 0.2) is 16.5 Å². The third-order valence-electron chi connectivity index (χ3n) is 3.76. The van der Waals surface area contributed by atoms with E-state index in [4.69, 9.17) is 13.9 Å². The highest BCUT2D eigenvalue weighted by Gasteiger charge is 2.22. The summed E-state index contributed by atoms with van der Waals surface area (Å²) in [5.41, 5.74) is 1.65. The Morgan fingerprint density at radius 3 is 2.58 bits per heavy atom. The van der Waals surface area contributed by atoms with E-state index in [0.717, 1.165) is 54.4 Å². The van der Waals surface area contributed by atoms with Crippen LogP contribution in [-0.4, -0.2) is 31.3 Å². The molecule has 1 fully saturated rings. The lowest BCUT2D eigenvalue weighted by molar-refractivity contribution is 0.172. The predicted octanol–water partition coefficient (Wildman–Crippen LogP) is 2.07. The van der Waals surface area contributed by atoms with Gasteiger partial charge in [0.25, 0.3) is 0 Å². The summed E-state index contributed by atoms with van der Waals surface area (Å²) in [6.07, 6.45) is 2.17. The van der Waals surface area contributed by atoms with E-state index >= 15 is 0 Å². The Kier molecular flexibility index (Phi) is 2.58. The highest BCUT2D eigenvalue weighted by Crippen LogP contribution is 2.36. The summed E-state index contributed by atoms with van der Waals surface area (Å²) in [5, 5.41) is 3.35. The lowest BCUT2D eigenvalue weighted by Gasteiger charge is -2.19. The zero-order valence-corrected chi connectivity index (χ0v) is 10.6. The Morgan fingerprint density at radius 2 is 1.79 bits per heavy atom. The van der Waals surface area contributed by atoms with Gasteiger partial charge in [-0.25, -0.2) is 4.98 Å². The molecule has 0 aliphatic carbocycles. The van der Waals surface area contributed by atoms with E-state index in [2.05, 4.69) is 10.3 Å². The topological polar surface area (TPSA) is 56.5 Å². The van der Waals surface area contributed by atoms with E-state index < -0.39 is 0 Å². The first-order chi connectivity index (χ1) is 9.40. The molecular formula is C14H16N2O3. The molecule has 2 aliphatic heterocycles. The van der Waals surface area contributed by atoms with Crippen LogP contribution in [0.2, 0.25) is 0 Å². The number of benzene rings is 1. The maximum atomic E-state index is 5.90. The van der Waals surface area contributed by atoms with Crippen molar-refractivity contribution in [2.24, 2.45) is 0 Å². The minimum absolute atomic E-state index is 0.424. The molecule has 0 saturated carbocycles. The molecule has 1 saturated heterocycles. The number of oxazole rings is 1. The zero-order chi connectivity index (χ0) is 12.7. The van der Waals surface area contributed by atoms with Gasteiger partial charge in [-0.2, -0.15) is 0 Å². The highest BCUT2D eigenvalue weighted by atomic mass is 16.6. The van der Waals surface area contributed by atoms with E-state index in [0.29, 0.717) is 19.1 Å². The molecule has 0 atom stereocenters. The van der Waals surface area contributed by atoms with Gasteiger partial charge >= 0.3 is 0 Å². The van der Waals surface area contributed by atoms with Gasteiger partial charge in [0.2, 0.25) is 0 Å². The van der Waals surface area contributed by atoms with Gasteiger partial charge in [0, 0.05) is 18.1 Å². The lowest BCUT2D eigenvalue weighted by Crippen LogP contribution is -2.26. The van der Waals surface area contributed by atoms with Crippen LogP contribution in [0, 0.1) is 0 Å². The van der Waals surface area contributed by atoms with Crippen LogP contribution >= 0.6 is 0 Å². The number of piperidine rings is 1. The molecule has 5 nitrogen and oxygen atoms in total. The van der Waals surface area contributed by atoms with Gasteiger partial charge in [-0.3, -0.25) is 0 Å². The number of ether oxygens (including phenoxy) is 2. The molecule has 5 heteroatoms. The molecule has 0 unspecified atom stereocenters. The number of aromatic nitrogens is 1. The van der Waals surface area contributed by atoms with Crippen LogP contribution in [-0.2, 0) is 0 Å². The van der Waals surface area contributed by atoms with E-state index in [1.54, 1.807) is 0 Å². The van der Waals surface area contributed by atoms with Crippen molar-refractivity contribution in [3.8, 4) is 11.5 Å². The third-order valence-corrected chi connectivity index (χ3v) is 3.76. The molecule has 19 heavy (non-hydrogen) atoms. The molecule has 100 valence electrons. The zero-order valence-electron chi connectivity index (χ0n) is 10.6. The predicted molar refractivity (Wildman–Crippen MR) is 69.8 cm³/mol. The average molecular weight is 260 g/mol. The molecule has 0 radical (unpaired) electrons. The number of nitrogens with one attached hydrogen (secondary N) is 1. The van der Waals surface area contributed by atoms with E-state index in [1.165, 1.54) is 0 Å². The minimum Gasteiger partial charge on any atom is -0.486 e. The summed E-state index contributed by atoms with van der Waals surface area (Å²) in [4.78, 5) is 4.61. The van der Waals surface area contributed by atoms with Crippen LogP contribution in [0.5, 0.6) is 11.5 Å². The number of rotatable bonds is 1. The molecule has 1 aromatic heterocycles. The number of nitrogens with zero attached hydrogens (tertiary/aromatic N) is 1. The first-order valence-corrected chi connectivity index (χ1v) is 6.81. The molecule has 0 amide bonds. The number of fused-ring (bicyclic) bond motifs is 2. The second-order valence-corrected chi connectivity index (χ2v) is 5.04. The van der Waals surface area contributed by atoms with E-state index in [9.17, 15) is 0 Å². The summed E-state index contributed by atoms with van der Waals surface area (Å²) >= 11 is 0. The van der Waals surface area contributed by atoms with Gasteiger partial charge < -0.3 is 19.2 Å². The molecule has 3 heterocycles. The van der Waals surface area contributed by atoms with Crippen molar-refractivity contribution < 1.29 is 13.9 Å². The van der Waals surface area contributed by atoms with Gasteiger partial charge in [0.1, 0.15) is 18.7 Å². The highest BCUT2D eigenvalue weighted by molar-refractivity contribution is 5.77. The lowest BCUT2D eigenvalue weighted by atomic mass is 9.98. The van der Waals surface area contributed by atoms with Crippen LogP contribution in [0.25, 0.3) is 11.1 Å². The van der Waals surface area contributed by atoms with Crippen molar-refractivity contribution in [3.05, 3.63) is 18.0 Å². The Labute approximate surface area is 110 Å². The Balaban J connectivity index is 1.73. The van der Waals surface area contributed by atoms with E-state index in [1.807, 2.05) is 12.1 Å². The van der Waals surface area contributed by atoms with Crippen molar-refractivity contribution in [1.82, 2.24) is 10.3 Å². The fourth-order valence-corrected chi connectivity index (χ4v) is 2.73. The minimum atomic E-state index is 0.424. The number of hydrogen-bond donors (Lipinski definition) is 1. The van der Waals surface area contributed by atoms with Crippen molar-refractivity contribution in [2.45, 2.75) is 18.8 Å². The van der Waals surface area contributed by atoms with Gasteiger partial charge in [0.05, 0.1) is 0 Å². The van der Waals surface area contributed by atoms with Crippen molar-refractivity contribution in [3.63, 3.8) is 0 Å². The van der Waals surface area contributed by atoms with Crippen molar-refractivity contribution in [2.75, 3.05) is 26.3 Å². The SMILES string of the molecule is c1c2c(cc3oc(C4CCNCC4)nc13)OCCO2. The van der Waals surface area contributed by atoms with Gasteiger partial charge in [-0.05, 0) is 25.9 Å². The molecule has 0 spiro atoms. The van der Waals surface area contributed by atoms with Gasteiger partial charge in [-0.15, -0.1) is 0 Å². The van der Waals surface area contributed by atoms with Crippen molar-refractivity contribution in [1.29, 1.82) is 0 Å². The molecule has 2 aliphatic rings. The van der Waals surface area contributed by atoms with Crippen LogP contribution in [0.3, 0.4) is 0 Å². The normalized spacial score (nSPS) is 19.8. The third kappa shape index (κ3) is 1.94. The maximum absolute atomic E-state index is 5.90. The molecule has 0 bridgehead atoms. The second-order valence-electron chi connectivity index (χ2n) is 5.04. The first kappa shape index (κ1) is 11.1. The molecule has 4 rings (SSSR count). The van der Waals surface area contributed by atoms with Crippen LogP contribution in [0.1, 0.15) is 24.7 Å². The summed E-state index contributed by atoms with van der Waals surface area (Å²) in [7, 11) is 0. The Hall–Kier alpha value is -1.75. The summed E-state index contributed by atoms with van der Waals surface area (Å²) < 4.78 is 17.0. The van der Waals surface area contributed by atoms with Gasteiger partial charge in [0.15, 0.2) is 23.0 Å². The number of hydrogen-bond acceptors (Lipinski definition) is 5.